The Morgan fingerprint density at radius 2 is 1.94 bits per heavy atom. The zero-order valence-corrected chi connectivity index (χ0v) is 19.2. The van der Waals surface area contributed by atoms with Crippen LogP contribution in [0.5, 0.6) is 0 Å². The van der Waals surface area contributed by atoms with E-state index in [1.807, 2.05) is 24.3 Å². The van der Waals surface area contributed by atoms with Crippen molar-refractivity contribution in [3.05, 3.63) is 29.8 Å². The summed E-state index contributed by atoms with van der Waals surface area (Å²) >= 11 is 0. The predicted octanol–water partition coefficient (Wildman–Crippen LogP) is 2.66. The fourth-order valence-electron chi connectivity index (χ4n) is 4.06. The number of nitrogens with one attached hydrogen (secondary N) is 1. The highest BCUT2D eigenvalue weighted by Gasteiger charge is 2.49. The van der Waals surface area contributed by atoms with Gasteiger partial charge in [0.2, 0.25) is 0 Å². The molecule has 1 saturated carbocycles. The summed E-state index contributed by atoms with van der Waals surface area (Å²) in [7, 11) is -3.85. The van der Waals surface area contributed by atoms with Crippen LogP contribution >= 0.6 is 0 Å². The van der Waals surface area contributed by atoms with Crippen molar-refractivity contribution in [1.29, 1.82) is 0 Å². The van der Waals surface area contributed by atoms with Crippen LogP contribution in [0.2, 0.25) is 0 Å². The molecule has 176 valence electrons. The number of hydroxylamine groups is 1. The lowest BCUT2D eigenvalue weighted by molar-refractivity contribution is -0.201. The molecule has 0 spiro atoms. The Bertz CT molecular complexity index is 955. The molecule has 32 heavy (non-hydrogen) atoms. The number of nitrogens with zero attached hydrogens (tertiary/aromatic N) is 1. The molecular formula is C22H30N2O7S. The van der Waals surface area contributed by atoms with E-state index in [0.717, 1.165) is 19.1 Å². The van der Waals surface area contributed by atoms with Crippen molar-refractivity contribution in [1.82, 2.24) is 5.48 Å². The molecule has 10 heteroatoms. The third-order valence-electron chi connectivity index (χ3n) is 6.46. The minimum Gasteiger partial charge on any atom is -0.444 e. The molecule has 3 atom stereocenters. The molecular weight excluding hydrogens is 436 g/mol. The van der Waals surface area contributed by atoms with Crippen LogP contribution in [0.15, 0.2) is 24.3 Å². The Morgan fingerprint density at radius 3 is 2.53 bits per heavy atom. The Hall–Kier alpha value is -2.17. The van der Waals surface area contributed by atoms with Gasteiger partial charge in [0.1, 0.15) is 6.10 Å². The molecule has 3 aliphatic rings. The van der Waals surface area contributed by atoms with Crippen LogP contribution in [0.1, 0.15) is 56.9 Å². The number of hydrogen-bond donors (Lipinski definition) is 1. The minimum atomic E-state index is -3.85. The predicted molar refractivity (Wildman–Crippen MR) is 117 cm³/mol. The minimum absolute atomic E-state index is 0.159. The van der Waals surface area contributed by atoms with Crippen molar-refractivity contribution in [2.45, 2.75) is 68.5 Å². The molecule has 2 unspecified atom stereocenters. The normalized spacial score (nSPS) is 25.8. The lowest BCUT2D eigenvalue weighted by Crippen LogP contribution is -2.53. The second-order valence-electron chi connectivity index (χ2n) is 9.03. The van der Waals surface area contributed by atoms with Crippen molar-refractivity contribution < 1.29 is 32.3 Å². The van der Waals surface area contributed by atoms with Gasteiger partial charge in [-0.3, -0.25) is 9.69 Å². The van der Waals surface area contributed by atoms with Gasteiger partial charge in [0.05, 0.1) is 6.54 Å². The van der Waals surface area contributed by atoms with Gasteiger partial charge in [0.15, 0.2) is 20.9 Å². The number of rotatable bonds is 8. The molecule has 0 radical (unpaired) electrons. The highest BCUT2D eigenvalue weighted by molar-refractivity contribution is 7.92. The van der Waals surface area contributed by atoms with Crippen molar-refractivity contribution in [2.75, 3.05) is 24.3 Å². The fraction of sp³-hybridized carbons (Fsp3) is 0.636. The average molecular weight is 467 g/mol. The van der Waals surface area contributed by atoms with E-state index in [0.29, 0.717) is 24.6 Å². The summed E-state index contributed by atoms with van der Waals surface area (Å²) in [6.45, 7) is 2.01. The second kappa shape index (κ2) is 8.99. The molecule has 4 rings (SSSR count). The molecule has 1 aliphatic carbocycles. The number of hydrogen-bond acceptors (Lipinski definition) is 7. The third-order valence-corrected chi connectivity index (χ3v) is 8.45. The average Bonchev–Trinajstić information content (AvgIpc) is 3.55. The molecule has 1 N–H and O–H groups in total. The number of sulfone groups is 1. The van der Waals surface area contributed by atoms with Crippen molar-refractivity contribution in [3.8, 4) is 0 Å². The van der Waals surface area contributed by atoms with Crippen LogP contribution in [0.4, 0.5) is 10.5 Å². The SMILES string of the molecule is CC(C[C@H]1CN(c2ccc(C3CC3)cc2)C(=O)O1)(C(=O)NOC1CCCCO1)S(C)(=O)=O. The summed E-state index contributed by atoms with van der Waals surface area (Å²) in [5.41, 5.74) is 4.19. The standard InChI is InChI=1S/C22H30N2O7S/c1-22(32(2,27)28,20(25)23-31-19-5-3-4-12-29-19)13-18-14-24(21(26)30-18)17-10-8-16(9-11-17)15-6-7-15/h8-11,15,18-19H,3-7,12-14H2,1-2H3,(H,23,25)/t18-,19?,22?/m0/s1. The summed E-state index contributed by atoms with van der Waals surface area (Å²) < 4.78 is 34.1. The summed E-state index contributed by atoms with van der Waals surface area (Å²) in [6, 6.07) is 7.76. The van der Waals surface area contributed by atoms with E-state index in [-0.39, 0.29) is 13.0 Å². The Balaban J connectivity index is 1.41. The number of anilines is 1. The van der Waals surface area contributed by atoms with Gasteiger partial charge >= 0.3 is 6.09 Å². The highest BCUT2D eigenvalue weighted by Crippen LogP contribution is 2.40. The zero-order chi connectivity index (χ0) is 22.9. The molecule has 3 fully saturated rings. The van der Waals surface area contributed by atoms with Crippen molar-refractivity contribution in [2.24, 2.45) is 0 Å². The lowest BCUT2D eigenvalue weighted by atomic mass is 10.0. The second-order valence-corrected chi connectivity index (χ2v) is 11.5. The van der Waals surface area contributed by atoms with E-state index < -0.39 is 39.0 Å². The van der Waals surface area contributed by atoms with Crippen LogP contribution in [-0.2, 0) is 28.9 Å². The first-order valence-electron chi connectivity index (χ1n) is 11.0. The van der Waals surface area contributed by atoms with Crippen LogP contribution < -0.4 is 10.4 Å². The maximum absolute atomic E-state index is 12.9. The van der Waals surface area contributed by atoms with Crippen LogP contribution in [0.25, 0.3) is 0 Å². The van der Waals surface area contributed by atoms with Gasteiger partial charge in [0, 0.05) is 31.4 Å². The molecule has 1 aromatic carbocycles. The quantitative estimate of drug-likeness (QED) is 0.586. The zero-order valence-electron chi connectivity index (χ0n) is 18.4. The van der Waals surface area contributed by atoms with E-state index in [4.69, 9.17) is 14.3 Å². The topological polar surface area (TPSA) is 111 Å². The molecule has 9 nitrogen and oxygen atoms in total. The largest absolute Gasteiger partial charge is 0.444 e. The van der Waals surface area contributed by atoms with Crippen LogP contribution in [0, 0.1) is 0 Å². The van der Waals surface area contributed by atoms with Crippen LogP contribution in [-0.4, -0.2) is 57.0 Å². The van der Waals surface area contributed by atoms with Gasteiger partial charge in [-0.25, -0.2) is 23.5 Å². The summed E-state index contributed by atoms with van der Waals surface area (Å²) in [5, 5.41) is 0. The Labute approximate surface area is 188 Å². The first-order valence-corrected chi connectivity index (χ1v) is 12.9. The first-order chi connectivity index (χ1) is 15.2. The maximum atomic E-state index is 12.9. The number of benzene rings is 1. The van der Waals surface area contributed by atoms with E-state index in [2.05, 4.69) is 5.48 Å². The monoisotopic (exact) mass is 466 g/mol. The van der Waals surface area contributed by atoms with Crippen molar-refractivity contribution in [3.63, 3.8) is 0 Å². The van der Waals surface area contributed by atoms with E-state index in [1.54, 1.807) is 0 Å². The number of cyclic esters (lactones) is 1. The van der Waals surface area contributed by atoms with E-state index >= 15 is 0 Å². The number of ether oxygens (including phenoxy) is 2. The molecule has 2 aliphatic heterocycles. The molecule has 2 saturated heterocycles. The molecule has 0 aromatic heterocycles. The summed E-state index contributed by atoms with van der Waals surface area (Å²) in [4.78, 5) is 32.1. The Morgan fingerprint density at radius 1 is 1.22 bits per heavy atom. The van der Waals surface area contributed by atoms with E-state index in [1.165, 1.54) is 30.2 Å². The molecule has 2 amide bonds. The van der Waals surface area contributed by atoms with Gasteiger partial charge in [-0.1, -0.05) is 12.1 Å². The maximum Gasteiger partial charge on any atom is 0.414 e. The molecule has 2 heterocycles. The lowest BCUT2D eigenvalue weighted by Gasteiger charge is -2.29. The van der Waals surface area contributed by atoms with Gasteiger partial charge < -0.3 is 9.47 Å². The van der Waals surface area contributed by atoms with Gasteiger partial charge in [-0.15, -0.1) is 0 Å². The summed E-state index contributed by atoms with van der Waals surface area (Å²) in [6.07, 6.45) is 3.70. The first kappa shape index (κ1) is 23.0. The smallest absolute Gasteiger partial charge is 0.414 e. The number of carbonyl (C=O) groups excluding carboxylic acids is 2. The Kier molecular flexibility index (Phi) is 6.46. The van der Waals surface area contributed by atoms with Gasteiger partial charge in [-0.2, -0.15) is 0 Å². The van der Waals surface area contributed by atoms with E-state index in [9.17, 15) is 18.0 Å². The van der Waals surface area contributed by atoms with Gasteiger partial charge in [-0.05, 0) is 56.2 Å². The summed E-state index contributed by atoms with van der Waals surface area (Å²) in [5.74, 6) is -0.199. The van der Waals surface area contributed by atoms with Crippen LogP contribution in [0.3, 0.4) is 0 Å². The number of carbonyl (C=O) groups is 2. The van der Waals surface area contributed by atoms with Crippen molar-refractivity contribution >= 4 is 27.5 Å². The highest BCUT2D eigenvalue weighted by atomic mass is 32.2. The van der Waals surface area contributed by atoms with Gasteiger partial charge in [0.25, 0.3) is 5.91 Å². The fourth-order valence-corrected chi connectivity index (χ4v) is 4.93. The number of amides is 2. The molecule has 0 bridgehead atoms. The third kappa shape index (κ3) is 4.92. The molecule has 1 aromatic rings.